The predicted octanol–water partition coefficient (Wildman–Crippen LogP) is 2.97. The summed E-state index contributed by atoms with van der Waals surface area (Å²) in [6.07, 6.45) is 2.52. The van der Waals surface area contributed by atoms with Crippen molar-refractivity contribution in [1.82, 2.24) is 0 Å². The van der Waals surface area contributed by atoms with Gasteiger partial charge in [0.1, 0.15) is 5.75 Å². The van der Waals surface area contributed by atoms with Crippen molar-refractivity contribution >= 4 is 35.0 Å². The lowest BCUT2D eigenvalue weighted by atomic mass is 10.2. The fourth-order valence-corrected chi connectivity index (χ4v) is 3.36. The lowest BCUT2D eigenvalue weighted by Crippen LogP contribution is -2.24. The molecule has 6 heteroatoms. The van der Waals surface area contributed by atoms with Gasteiger partial charge in [-0.2, -0.15) is 11.8 Å². The van der Waals surface area contributed by atoms with Crippen molar-refractivity contribution in [3.05, 3.63) is 23.2 Å². The van der Waals surface area contributed by atoms with Crippen LogP contribution in [0.25, 0.3) is 0 Å². The number of hydrogen-bond acceptors (Lipinski definition) is 3. The average molecular weight is 300 g/mol. The molecule has 2 rings (SSSR count). The fourth-order valence-electron chi connectivity index (χ4n) is 1.92. The van der Waals surface area contributed by atoms with Crippen molar-refractivity contribution in [2.24, 2.45) is 10.7 Å². The number of aliphatic imine (C=N–C) groups is 1. The van der Waals surface area contributed by atoms with Crippen LogP contribution in [0.1, 0.15) is 12.8 Å². The molecule has 1 aromatic carbocycles. The predicted molar refractivity (Wildman–Crippen MR) is 83.6 cm³/mol. The molecule has 0 bridgehead atoms. The summed E-state index contributed by atoms with van der Waals surface area (Å²) in [5.41, 5.74) is 6.67. The number of nitrogens with one attached hydrogen (secondary N) is 1. The number of thioether (sulfide) groups is 1. The van der Waals surface area contributed by atoms with Crippen molar-refractivity contribution in [2.75, 3.05) is 24.7 Å². The minimum absolute atomic E-state index is 0.425. The van der Waals surface area contributed by atoms with Gasteiger partial charge in [-0.25, -0.2) is 0 Å². The lowest BCUT2D eigenvalue weighted by Gasteiger charge is -2.09. The molecule has 1 unspecified atom stereocenters. The van der Waals surface area contributed by atoms with Crippen molar-refractivity contribution in [3.63, 3.8) is 0 Å². The first-order valence-electron chi connectivity index (χ1n) is 6.21. The zero-order chi connectivity index (χ0) is 13.7. The molecule has 1 fully saturated rings. The minimum atomic E-state index is 0.425. The Morgan fingerprint density at radius 3 is 3.11 bits per heavy atom. The van der Waals surface area contributed by atoms with Gasteiger partial charge >= 0.3 is 0 Å². The summed E-state index contributed by atoms with van der Waals surface area (Å²) in [4.78, 5) is 4.36. The molecule has 1 aromatic rings. The minimum Gasteiger partial charge on any atom is -0.495 e. The molecule has 0 aliphatic carbocycles. The van der Waals surface area contributed by atoms with Gasteiger partial charge in [-0.15, -0.1) is 0 Å². The molecule has 19 heavy (non-hydrogen) atoms. The van der Waals surface area contributed by atoms with Crippen molar-refractivity contribution in [3.8, 4) is 5.75 Å². The summed E-state index contributed by atoms with van der Waals surface area (Å²) < 4.78 is 5.10. The van der Waals surface area contributed by atoms with Gasteiger partial charge in [-0.3, -0.25) is 4.99 Å². The van der Waals surface area contributed by atoms with Gasteiger partial charge in [0.2, 0.25) is 0 Å². The molecule has 0 amide bonds. The Hall–Kier alpha value is -1.07. The standard InChI is InChI=1S/C13H18ClN3OS/c1-18-12-5-4-9(7-11(12)14)17-13(15)16-8-10-3-2-6-19-10/h4-5,7,10H,2-3,6,8H2,1H3,(H3,15,16,17). The number of nitrogens with zero attached hydrogens (tertiary/aromatic N) is 1. The maximum absolute atomic E-state index is 6.04. The molecule has 0 radical (unpaired) electrons. The molecule has 0 aromatic heterocycles. The molecule has 3 N–H and O–H groups in total. The molecular formula is C13H18ClN3OS. The maximum Gasteiger partial charge on any atom is 0.193 e. The highest BCUT2D eigenvalue weighted by Crippen LogP contribution is 2.27. The van der Waals surface area contributed by atoms with E-state index in [-0.39, 0.29) is 0 Å². The van der Waals surface area contributed by atoms with E-state index in [2.05, 4.69) is 10.3 Å². The second-order valence-corrected chi connectivity index (χ2v) is 6.15. The maximum atomic E-state index is 6.04. The van der Waals surface area contributed by atoms with Crippen LogP contribution in [0.4, 0.5) is 5.69 Å². The molecule has 1 saturated heterocycles. The molecule has 104 valence electrons. The first-order valence-corrected chi connectivity index (χ1v) is 7.64. The molecule has 4 nitrogen and oxygen atoms in total. The lowest BCUT2D eigenvalue weighted by molar-refractivity contribution is 0.415. The Morgan fingerprint density at radius 1 is 1.63 bits per heavy atom. The van der Waals surface area contributed by atoms with Gasteiger partial charge in [0.25, 0.3) is 0 Å². The van der Waals surface area contributed by atoms with Crippen molar-refractivity contribution < 1.29 is 4.74 Å². The van der Waals surface area contributed by atoms with Crippen LogP contribution in [-0.2, 0) is 0 Å². The summed E-state index contributed by atoms with van der Waals surface area (Å²) >= 11 is 8.01. The average Bonchev–Trinajstić information content (AvgIpc) is 2.90. The SMILES string of the molecule is COc1ccc(NC(N)=NCC2CCCS2)cc1Cl. The number of anilines is 1. The highest BCUT2D eigenvalue weighted by molar-refractivity contribution is 8.00. The smallest absolute Gasteiger partial charge is 0.193 e. The Morgan fingerprint density at radius 2 is 2.47 bits per heavy atom. The Bertz CT molecular complexity index is 461. The van der Waals surface area contributed by atoms with E-state index >= 15 is 0 Å². The number of hydrogen-bond donors (Lipinski definition) is 2. The van der Waals surface area contributed by atoms with Crippen LogP contribution in [-0.4, -0.2) is 30.6 Å². The van der Waals surface area contributed by atoms with Crippen molar-refractivity contribution in [1.29, 1.82) is 0 Å². The number of methoxy groups -OCH3 is 1. The molecule has 0 spiro atoms. The first kappa shape index (κ1) is 14.3. The monoisotopic (exact) mass is 299 g/mol. The fraction of sp³-hybridized carbons (Fsp3) is 0.462. The summed E-state index contributed by atoms with van der Waals surface area (Å²) in [5, 5.41) is 4.20. The van der Waals surface area contributed by atoms with Crippen LogP contribution in [0.15, 0.2) is 23.2 Å². The van der Waals surface area contributed by atoms with E-state index in [0.717, 1.165) is 12.2 Å². The van der Waals surface area contributed by atoms with E-state index in [1.807, 2.05) is 17.8 Å². The van der Waals surface area contributed by atoms with Gasteiger partial charge in [-0.1, -0.05) is 11.6 Å². The number of ether oxygens (including phenoxy) is 1. The molecule has 1 aliphatic heterocycles. The van der Waals surface area contributed by atoms with Crippen LogP contribution in [0.2, 0.25) is 5.02 Å². The Kier molecular flexibility index (Phi) is 5.22. The largest absolute Gasteiger partial charge is 0.495 e. The second kappa shape index (κ2) is 6.91. The first-order chi connectivity index (χ1) is 9.19. The van der Waals surface area contributed by atoms with Gasteiger partial charge in [0.05, 0.1) is 18.7 Å². The summed E-state index contributed by atoms with van der Waals surface area (Å²) in [6, 6.07) is 5.43. The summed E-state index contributed by atoms with van der Waals surface area (Å²) in [7, 11) is 1.59. The normalized spacial score (nSPS) is 19.5. The highest BCUT2D eigenvalue weighted by Gasteiger charge is 2.14. The van der Waals surface area contributed by atoms with Gasteiger partial charge in [0, 0.05) is 10.9 Å². The van der Waals surface area contributed by atoms with E-state index in [4.69, 9.17) is 22.1 Å². The third-order valence-electron chi connectivity index (χ3n) is 2.91. The summed E-state index contributed by atoms with van der Waals surface area (Å²) in [6.45, 7) is 0.771. The van der Waals surface area contributed by atoms with Crippen LogP contribution >= 0.6 is 23.4 Å². The van der Waals surface area contributed by atoms with Gasteiger partial charge in [-0.05, 0) is 36.8 Å². The Labute approximate surface area is 122 Å². The molecule has 1 aliphatic rings. The van der Waals surface area contributed by atoms with Crippen LogP contribution in [0.3, 0.4) is 0 Å². The third-order valence-corrected chi connectivity index (χ3v) is 4.59. The number of halogens is 1. The van der Waals surface area contributed by atoms with E-state index in [9.17, 15) is 0 Å². The van der Waals surface area contributed by atoms with E-state index in [1.54, 1.807) is 19.2 Å². The zero-order valence-corrected chi connectivity index (χ0v) is 12.4. The molecule has 1 atom stereocenters. The zero-order valence-electron chi connectivity index (χ0n) is 10.9. The second-order valence-electron chi connectivity index (χ2n) is 4.34. The molecule has 1 heterocycles. The van der Waals surface area contributed by atoms with E-state index < -0.39 is 0 Å². The topological polar surface area (TPSA) is 59.6 Å². The number of nitrogens with two attached hydrogens (primary N) is 1. The molecule has 0 saturated carbocycles. The number of benzene rings is 1. The van der Waals surface area contributed by atoms with E-state index in [1.165, 1.54) is 18.6 Å². The number of rotatable bonds is 4. The van der Waals surface area contributed by atoms with Gasteiger partial charge < -0.3 is 15.8 Å². The summed E-state index contributed by atoms with van der Waals surface area (Å²) in [5.74, 6) is 2.31. The third kappa shape index (κ3) is 4.21. The van der Waals surface area contributed by atoms with Crippen LogP contribution in [0.5, 0.6) is 5.75 Å². The number of guanidine groups is 1. The molecular weight excluding hydrogens is 282 g/mol. The Balaban J connectivity index is 1.92. The highest BCUT2D eigenvalue weighted by atomic mass is 35.5. The van der Waals surface area contributed by atoms with Gasteiger partial charge in [0.15, 0.2) is 5.96 Å². The van der Waals surface area contributed by atoms with Crippen molar-refractivity contribution in [2.45, 2.75) is 18.1 Å². The van der Waals surface area contributed by atoms with Crippen LogP contribution < -0.4 is 15.8 Å². The van der Waals surface area contributed by atoms with E-state index in [0.29, 0.717) is 22.0 Å². The van der Waals surface area contributed by atoms with Crippen LogP contribution in [0, 0.1) is 0 Å². The quantitative estimate of drug-likeness (QED) is 0.663.